The molecule has 1 atom stereocenters. The summed E-state index contributed by atoms with van der Waals surface area (Å²) in [6.45, 7) is 2.23. The van der Waals surface area contributed by atoms with Crippen LogP contribution < -0.4 is 10.2 Å². The third kappa shape index (κ3) is 3.18. The smallest absolute Gasteiger partial charge is 0.288 e. The number of rotatable bonds is 4. The highest BCUT2D eigenvalue weighted by atomic mass is 35.5. The average Bonchev–Trinajstić information content (AvgIpc) is 3.14. The lowest BCUT2D eigenvalue weighted by molar-refractivity contribution is -0.384. The summed E-state index contributed by atoms with van der Waals surface area (Å²) in [5, 5.41) is 13.6. The quantitative estimate of drug-likeness (QED) is 0.651. The fourth-order valence-corrected chi connectivity index (χ4v) is 3.20. The van der Waals surface area contributed by atoms with Crippen molar-refractivity contribution in [1.82, 2.24) is 9.97 Å². The third-order valence-corrected chi connectivity index (χ3v) is 4.26. The lowest BCUT2D eigenvalue weighted by Crippen LogP contribution is -2.22. The number of carbonyl (C=O) groups is 1. The van der Waals surface area contributed by atoms with Crippen LogP contribution in [0.4, 0.5) is 17.3 Å². The summed E-state index contributed by atoms with van der Waals surface area (Å²) in [5.74, 6) is 0.215. The van der Waals surface area contributed by atoms with E-state index >= 15 is 0 Å². The molecule has 0 aliphatic carbocycles. The second-order valence-corrected chi connectivity index (χ2v) is 6.02. The van der Waals surface area contributed by atoms with Crippen molar-refractivity contribution >= 4 is 34.8 Å². The van der Waals surface area contributed by atoms with Crippen LogP contribution in [-0.4, -0.2) is 27.3 Å². The van der Waals surface area contributed by atoms with Crippen molar-refractivity contribution in [2.45, 2.75) is 25.8 Å². The number of halogens is 1. The van der Waals surface area contributed by atoms with E-state index in [0.717, 1.165) is 30.8 Å². The number of hydrogen-bond donors (Lipinski definition) is 2. The van der Waals surface area contributed by atoms with E-state index in [4.69, 9.17) is 11.6 Å². The molecule has 126 valence electrons. The highest BCUT2D eigenvalue weighted by Gasteiger charge is 2.29. The Bertz CT molecular complexity index is 791. The van der Waals surface area contributed by atoms with E-state index < -0.39 is 4.92 Å². The number of amides is 1. The molecule has 8 nitrogen and oxygen atoms in total. The molecule has 1 aliphatic rings. The van der Waals surface area contributed by atoms with Gasteiger partial charge in [0.05, 0.1) is 22.9 Å². The molecule has 1 aromatic heterocycles. The molecule has 1 amide bonds. The predicted octanol–water partition coefficient (Wildman–Crippen LogP) is 3.27. The zero-order chi connectivity index (χ0) is 17.3. The van der Waals surface area contributed by atoms with Crippen molar-refractivity contribution in [3.8, 4) is 0 Å². The number of carbonyl (C=O) groups excluding carboxylic acids is 1. The molecule has 2 N–H and O–H groups in total. The number of aromatic nitrogens is 2. The van der Waals surface area contributed by atoms with Crippen LogP contribution in [0.15, 0.2) is 24.4 Å². The summed E-state index contributed by atoms with van der Waals surface area (Å²) in [6, 6.07) is 4.79. The minimum Gasteiger partial charge on any atom is -0.363 e. The number of nitrogens with one attached hydrogen (secondary N) is 2. The van der Waals surface area contributed by atoms with Gasteiger partial charge < -0.3 is 9.88 Å². The number of nitro benzene ring substituents is 1. The molecule has 0 saturated carbocycles. The Morgan fingerprint density at radius 2 is 2.33 bits per heavy atom. The fourth-order valence-electron chi connectivity index (χ4n) is 2.96. The number of hydrogen-bond acceptors (Lipinski definition) is 5. The molecular weight excluding hydrogens is 334 g/mol. The zero-order valence-corrected chi connectivity index (χ0v) is 13.7. The standard InChI is InChI=1S/C15H16ClN5O3/c1-9(22)18-15-17-8-12(19-15)14-3-2-6-20(14)10-4-5-13(21(23)24)11(16)7-10/h4-5,7-8,14H,2-3,6H2,1H3,(H2,17,18,19,22)/t14-/m0/s1. The van der Waals surface area contributed by atoms with Crippen molar-refractivity contribution in [3.05, 3.63) is 45.2 Å². The van der Waals surface area contributed by atoms with Gasteiger partial charge in [-0.15, -0.1) is 0 Å². The summed E-state index contributed by atoms with van der Waals surface area (Å²) in [7, 11) is 0. The Balaban J connectivity index is 1.85. The summed E-state index contributed by atoms with van der Waals surface area (Å²) >= 11 is 6.02. The van der Waals surface area contributed by atoms with E-state index in [2.05, 4.69) is 20.2 Å². The minimum absolute atomic E-state index is 0.0533. The SMILES string of the molecule is CC(=O)Nc1ncc([C@@H]2CCCN2c2ccc([N+](=O)[O-])c(Cl)c2)[nH]1. The van der Waals surface area contributed by atoms with Gasteiger partial charge in [0.15, 0.2) is 0 Å². The number of aromatic amines is 1. The molecule has 1 aliphatic heterocycles. The Hall–Kier alpha value is -2.61. The normalized spacial score (nSPS) is 17.1. The van der Waals surface area contributed by atoms with Crippen molar-refractivity contribution in [2.75, 3.05) is 16.8 Å². The molecule has 2 aromatic rings. The number of benzene rings is 1. The maximum atomic E-state index is 11.1. The van der Waals surface area contributed by atoms with Gasteiger partial charge in [0, 0.05) is 25.2 Å². The molecule has 1 aromatic carbocycles. The molecule has 0 spiro atoms. The Labute approximate surface area is 143 Å². The van der Waals surface area contributed by atoms with Crippen LogP contribution in [0.3, 0.4) is 0 Å². The van der Waals surface area contributed by atoms with Crippen LogP contribution in [0.1, 0.15) is 31.5 Å². The van der Waals surface area contributed by atoms with Gasteiger partial charge in [-0.05, 0) is 25.0 Å². The van der Waals surface area contributed by atoms with Crippen molar-refractivity contribution in [1.29, 1.82) is 0 Å². The molecule has 1 saturated heterocycles. The van der Waals surface area contributed by atoms with Gasteiger partial charge in [-0.2, -0.15) is 0 Å². The fraction of sp³-hybridized carbons (Fsp3) is 0.333. The van der Waals surface area contributed by atoms with E-state index in [9.17, 15) is 14.9 Å². The van der Waals surface area contributed by atoms with Crippen molar-refractivity contribution in [2.24, 2.45) is 0 Å². The van der Waals surface area contributed by atoms with Crippen molar-refractivity contribution in [3.63, 3.8) is 0 Å². The lowest BCUT2D eigenvalue weighted by atomic mass is 10.1. The molecule has 0 radical (unpaired) electrons. The Morgan fingerprint density at radius 3 is 3.00 bits per heavy atom. The van der Waals surface area contributed by atoms with Gasteiger partial charge in [-0.25, -0.2) is 4.98 Å². The molecule has 3 rings (SSSR count). The summed E-state index contributed by atoms with van der Waals surface area (Å²) in [6.07, 6.45) is 3.59. The first-order valence-corrected chi connectivity index (χ1v) is 7.86. The lowest BCUT2D eigenvalue weighted by Gasteiger charge is -2.26. The predicted molar refractivity (Wildman–Crippen MR) is 90.3 cm³/mol. The number of nitro groups is 1. The van der Waals surface area contributed by atoms with Gasteiger partial charge in [0.1, 0.15) is 5.02 Å². The van der Waals surface area contributed by atoms with E-state index in [1.165, 1.54) is 13.0 Å². The van der Waals surface area contributed by atoms with E-state index in [-0.39, 0.29) is 22.7 Å². The van der Waals surface area contributed by atoms with E-state index in [1.807, 2.05) is 0 Å². The largest absolute Gasteiger partial charge is 0.363 e. The first kappa shape index (κ1) is 16.3. The zero-order valence-electron chi connectivity index (χ0n) is 13.0. The summed E-state index contributed by atoms with van der Waals surface area (Å²) in [4.78, 5) is 30.9. The maximum absolute atomic E-state index is 11.1. The molecular formula is C15H16ClN5O3. The molecule has 0 unspecified atom stereocenters. The molecule has 1 fully saturated rings. The monoisotopic (exact) mass is 349 g/mol. The van der Waals surface area contributed by atoms with Gasteiger partial charge in [-0.1, -0.05) is 11.6 Å². The Morgan fingerprint density at radius 1 is 1.54 bits per heavy atom. The number of imidazole rings is 1. The highest BCUT2D eigenvalue weighted by Crippen LogP contribution is 2.38. The Kier molecular flexibility index (Phi) is 4.39. The second kappa shape index (κ2) is 6.48. The van der Waals surface area contributed by atoms with Crippen LogP contribution >= 0.6 is 11.6 Å². The van der Waals surface area contributed by atoms with Crippen LogP contribution in [0.25, 0.3) is 0 Å². The number of H-pyrrole nitrogens is 1. The summed E-state index contributed by atoms with van der Waals surface area (Å²) < 4.78 is 0. The highest BCUT2D eigenvalue weighted by molar-refractivity contribution is 6.32. The van der Waals surface area contributed by atoms with Gasteiger partial charge in [0.2, 0.25) is 11.9 Å². The van der Waals surface area contributed by atoms with E-state index in [0.29, 0.717) is 5.95 Å². The van der Waals surface area contributed by atoms with Gasteiger partial charge in [-0.3, -0.25) is 20.2 Å². The third-order valence-electron chi connectivity index (χ3n) is 3.96. The van der Waals surface area contributed by atoms with Crippen LogP contribution in [0.2, 0.25) is 5.02 Å². The maximum Gasteiger partial charge on any atom is 0.288 e. The van der Waals surface area contributed by atoms with E-state index in [1.54, 1.807) is 18.3 Å². The van der Waals surface area contributed by atoms with Crippen LogP contribution in [-0.2, 0) is 4.79 Å². The molecule has 2 heterocycles. The number of anilines is 2. The first-order valence-electron chi connectivity index (χ1n) is 7.49. The topological polar surface area (TPSA) is 104 Å². The number of nitrogens with zero attached hydrogens (tertiary/aromatic N) is 3. The molecule has 0 bridgehead atoms. The van der Waals surface area contributed by atoms with Gasteiger partial charge in [0.25, 0.3) is 5.69 Å². The van der Waals surface area contributed by atoms with Crippen molar-refractivity contribution < 1.29 is 9.72 Å². The second-order valence-electron chi connectivity index (χ2n) is 5.61. The van der Waals surface area contributed by atoms with Crippen LogP contribution in [0, 0.1) is 10.1 Å². The summed E-state index contributed by atoms with van der Waals surface area (Å²) in [5.41, 5.74) is 1.60. The minimum atomic E-state index is -0.498. The van der Waals surface area contributed by atoms with Gasteiger partial charge >= 0.3 is 0 Å². The average molecular weight is 350 g/mol. The molecule has 9 heteroatoms. The molecule has 24 heavy (non-hydrogen) atoms. The van der Waals surface area contributed by atoms with Crippen LogP contribution in [0.5, 0.6) is 0 Å². The first-order chi connectivity index (χ1) is 11.5.